The van der Waals surface area contributed by atoms with Crippen molar-refractivity contribution in [3.8, 4) is 22.4 Å². The van der Waals surface area contributed by atoms with E-state index < -0.39 is 0 Å². The molecule has 0 fully saturated rings. The molecule has 2 heterocycles. The molecular weight excluding hydrogens is 597 g/mol. The number of aryl methyl sites for hydroxylation is 2. The van der Waals surface area contributed by atoms with Gasteiger partial charge in [-0.15, -0.1) is 0 Å². The van der Waals surface area contributed by atoms with Crippen molar-refractivity contribution in [3.05, 3.63) is 174 Å². The molecule has 1 N–H and O–H groups in total. The Morgan fingerprint density at radius 2 is 1.37 bits per heavy atom. The molecule has 5 aromatic carbocycles. The van der Waals surface area contributed by atoms with E-state index in [0.29, 0.717) is 0 Å². The third-order valence-corrected chi connectivity index (χ3v) is 9.20. The Morgan fingerprint density at radius 1 is 0.673 bits per heavy atom. The minimum absolute atomic E-state index is 0.0561. The molecule has 4 heteroatoms. The largest absolute Gasteiger partial charge is 0.378 e. The maximum atomic E-state index is 5.22. The summed E-state index contributed by atoms with van der Waals surface area (Å²) < 4.78 is 0. The third kappa shape index (κ3) is 6.77. The minimum Gasteiger partial charge on any atom is -0.378 e. The van der Waals surface area contributed by atoms with Crippen molar-refractivity contribution in [2.24, 2.45) is 4.99 Å². The first kappa shape index (κ1) is 31.7. The third-order valence-electron chi connectivity index (χ3n) is 9.20. The normalized spacial score (nSPS) is 12.7. The van der Waals surface area contributed by atoms with E-state index in [9.17, 15) is 0 Å². The highest BCUT2D eigenvalue weighted by Crippen LogP contribution is 2.32. The standard InChI is InChI=1S/C45H40N4/c1-5-40(37-17-12-18-38(28-37)42-27-30(2)39-26-25-36-20-19-31(3)47-44(36)45(39)49-42)48-43(29-41(46-4)34-15-10-7-11-16-34)35-23-21-33(22-24-35)32-13-8-6-9-14-32/h6-29,40,48H,5H2,1-4H3. The summed E-state index contributed by atoms with van der Waals surface area (Å²) in [6, 6.07) is 49.2. The van der Waals surface area contributed by atoms with Crippen molar-refractivity contribution in [1.29, 1.82) is 0 Å². The van der Waals surface area contributed by atoms with Crippen LogP contribution < -0.4 is 5.32 Å². The molecule has 0 bridgehead atoms. The molecule has 0 saturated heterocycles. The van der Waals surface area contributed by atoms with Crippen molar-refractivity contribution in [2.75, 3.05) is 7.05 Å². The van der Waals surface area contributed by atoms with Gasteiger partial charge in [0.1, 0.15) is 0 Å². The highest BCUT2D eigenvalue weighted by atomic mass is 14.9. The van der Waals surface area contributed by atoms with Crippen LogP contribution in [-0.2, 0) is 0 Å². The summed E-state index contributed by atoms with van der Waals surface area (Å²) in [6.45, 7) is 6.42. The quantitative estimate of drug-likeness (QED) is 0.127. The van der Waals surface area contributed by atoms with Gasteiger partial charge in [0.2, 0.25) is 0 Å². The van der Waals surface area contributed by atoms with E-state index in [0.717, 1.165) is 67.7 Å². The van der Waals surface area contributed by atoms with Crippen LogP contribution in [0.1, 0.15) is 47.3 Å². The maximum absolute atomic E-state index is 5.22. The molecule has 0 spiro atoms. The number of benzene rings is 5. The number of aliphatic imine (C=N–C) groups is 1. The zero-order chi connectivity index (χ0) is 33.7. The van der Waals surface area contributed by atoms with Crippen LogP contribution in [0.5, 0.6) is 0 Å². The number of hydrogen-bond donors (Lipinski definition) is 1. The van der Waals surface area contributed by atoms with Gasteiger partial charge in [-0.2, -0.15) is 0 Å². The Balaban J connectivity index is 1.27. The number of nitrogens with zero attached hydrogens (tertiary/aromatic N) is 3. The summed E-state index contributed by atoms with van der Waals surface area (Å²) in [5, 5.41) is 6.17. The van der Waals surface area contributed by atoms with Crippen LogP contribution in [0, 0.1) is 13.8 Å². The summed E-state index contributed by atoms with van der Waals surface area (Å²) in [4.78, 5) is 14.8. The zero-order valence-electron chi connectivity index (χ0n) is 28.5. The molecule has 240 valence electrons. The molecule has 1 unspecified atom stereocenters. The van der Waals surface area contributed by atoms with E-state index in [1.807, 2.05) is 20.0 Å². The Hall–Kier alpha value is -5.87. The Morgan fingerprint density at radius 3 is 2.10 bits per heavy atom. The average molecular weight is 637 g/mol. The predicted molar refractivity (Wildman–Crippen MR) is 207 cm³/mol. The van der Waals surface area contributed by atoms with Gasteiger partial charge in [-0.05, 0) is 77.9 Å². The van der Waals surface area contributed by atoms with Crippen molar-refractivity contribution < 1.29 is 0 Å². The van der Waals surface area contributed by atoms with Crippen LogP contribution in [0.15, 0.2) is 151 Å². The molecular formula is C45H40N4. The lowest BCUT2D eigenvalue weighted by Gasteiger charge is -2.23. The smallest absolute Gasteiger partial charge is 0.0974 e. The monoisotopic (exact) mass is 636 g/mol. The van der Waals surface area contributed by atoms with Crippen molar-refractivity contribution >= 4 is 33.2 Å². The fourth-order valence-corrected chi connectivity index (χ4v) is 6.51. The first-order chi connectivity index (χ1) is 24.0. The van der Waals surface area contributed by atoms with Gasteiger partial charge in [0.15, 0.2) is 0 Å². The topological polar surface area (TPSA) is 50.2 Å². The molecule has 0 saturated carbocycles. The lowest BCUT2D eigenvalue weighted by Crippen LogP contribution is -2.20. The molecule has 0 radical (unpaired) electrons. The SMILES string of the molecule is CCC(NC(=CC(=NC)c1ccccc1)c1ccc(-c2ccccc2)cc1)c1cccc(-c2cc(C)c3ccc4ccc(C)nc4c3n2)c1. The molecule has 1 atom stereocenters. The van der Waals surface area contributed by atoms with Crippen LogP contribution in [0.2, 0.25) is 0 Å². The molecule has 0 aliphatic heterocycles. The number of allylic oxidation sites excluding steroid dienone is 1. The second-order valence-corrected chi connectivity index (χ2v) is 12.5. The van der Waals surface area contributed by atoms with Crippen molar-refractivity contribution in [1.82, 2.24) is 15.3 Å². The molecule has 0 aliphatic rings. The average Bonchev–Trinajstić information content (AvgIpc) is 3.16. The number of pyridine rings is 2. The summed E-state index contributed by atoms with van der Waals surface area (Å²) >= 11 is 0. The van der Waals surface area contributed by atoms with Gasteiger partial charge in [-0.3, -0.25) is 9.98 Å². The van der Waals surface area contributed by atoms with Gasteiger partial charge in [0.05, 0.1) is 28.5 Å². The number of fused-ring (bicyclic) bond motifs is 3. The predicted octanol–water partition coefficient (Wildman–Crippen LogP) is 10.9. The van der Waals surface area contributed by atoms with E-state index in [4.69, 9.17) is 15.0 Å². The van der Waals surface area contributed by atoms with Crippen LogP contribution in [0.4, 0.5) is 0 Å². The number of rotatable bonds is 9. The summed E-state index contributed by atoms with van der Waals surface area (Å²) in [5.41, 5.74) is 13.8. The summed E-state index contributed by atoms with van der Waals surface area (Å²) in [6.07, 6.45) is 3.07. The van der Waals surface area contributed by atoms with Crippen molar-refractivity contribution in [2.45, 2.75) is 33.2 Å². The summed E-state index contributed by atoms with van der Waals surface area (Å²) in [7, 11) is 1.86. The molecule has 0 amide bonds. The van der Waals surface area contributed by atoms with Gasteiger partial charge < -0.3 is 5.32 Å². The number of hydrogen-bond acceptors (Lipinski definition) is 4. The van der Waals surface area contributed by atoms with Crippen LogP contribution in [0.25, 0.3) is 49.9 Å². The van der Waals surface area contributed by atoms with Gasteiger partial charge in [0, 0.05) is 34.8 Å². The van der Waals surface area contributed by atoms with E-state index >= 15 is 0 Å². The first-order valence-corrected chi connectivity index (χ1v) is 16.9. The highest BCUT2D eigenvalue weighted by molar-refractivity contribution is 6.12. The zero-order valence-corrected chi connectivity index (χ0v) is 28.5. The highest BCUT2D eigenvalue weighted by Gasteiger charge is 2.16. The van der Waals surface area contributed by atoms with E-state index in [-0.39, 0.29) is 6.04 Å². The molecule has 49 heavy (non-hydrogen) atoms. The second-order valence-electron chi connectivity index (χ2n) is 12.5. The van der Waals surface area contributed by atoms with Gasteiger partial charge in [0.25, 0.3) is 0 Å². The van der Waals surface area contributed by atoms with Gasteiger partial charge in [-0.25, -0.2) is 4.98 Å². The lowest BCUT2D eigenvalue weighted by atomic mass is 9.97. The fourth-order valence-electron chi connectivity index (χ4n) is 6.51. The van der Waals surface area contributed by atoms with Crippen LogP contribution >= 0.6 is 0 Å². The van der Waals surface area contributed by atoms with Crippen LogP contribution in [0.3, 0.4) is 0 Å². The lowest BCUT2D eigenvalue weighted by molar-refractivity contribution is 0.614. The first-order valence-electron chi connectivity index (χ1n) is 16.9. The molecule has 7 aromatic rings. The minimum atomic E-state index is 0.0561. The second kappa shape index (κ2) is 14.1. The van der Waals surface area contributed by atoms with Crippen LogP contribution in [-0.4, -0.2) is 22.7 Å². The molecule has 7 rings (SSSR count). The van der Waals surface area contributed by atoms with E-state index in [1.165, 1.54) is 22.3 Å². The van der Waals surface area contributed by atoms with Crippen molar-refractivity contribution in [3.63, 3.8) is 0 Å². The maximum Gasteiger partial charge on any atom is 0.0974 e. The fraction of sp³-hybridized carbons (Fsp3) is 0.133. The van der Waals surface area contributed by atoms with Gasteiger partial charge >= 0.3 is 0 Å². The number of nitrogens with one attached hydrogen (secondary N) is 1. The molecule has 4 nitrogen and oxygen atoms in total. The number of aromatic nitrogens is 2. The molecule has 0 aliphatic carbocycles. The van der Waals surface area contributed by atoms with E-state index in [1.54, 1.807) is 0 Å². The Bertz CT molecular complexity index is 2300. The van der Waals surface area contributed by atoms with E-state index in [2.05, 4.69) is 159 Å². The molecule has 2 aromatic heterocycles. The Kier molecular flexibility index (Phi) is 9.12. The summed E-state index contributed by atoms with van der Waals surface area (Å²) in [5.74, 6) is 0. The Labute approximate surface area is 289 Å². The van der Waals surface area contributed by atoms with Gasteiger partial charge in [-0.1, -0.05) is 128 Å².